The lowest BCUT2D eigenvalue weighted by Crippen LogP contribution is -1.89. The Morgan fingerprint density at radius 1 is 0.600 bits per heavy atom. The third kappa shape index (κ3) is 4.02. The van der Waals surface area contributed by atoms with Crippen molar-refractivity contribution >= 4 is 5.69 Å². The molecule has 3 aromatic rings. The summed E-state index contributed by atoms with van der Waals surface area (Å²) in [5, 5.41) is 0. The summed E-state index contributed by atoms with van der Waals surface area (Å²) < 4.78 is 5.34. The van der Waals surface area contributed by atoms with E-state index < -0.39 is 0 Å². The van der Waals surface area contributed by atoms with Gasteiger partial charge in [-0.1, -0.05) is 60.1 Å². The fraction of sp³-hybridized carbons (Fsp3) is 0.0435. The van der Waals surface area contributed by atoms with Crippen molar-refractivity contribution in [1.82, 2.24) is 0 Å². The zero-order chi connectivity index (χ0) is 17.5. The topological polar surface area (TPSA) is 35.2 Å². The van der Waals surface area contributed by atoms with E-state index in [2.05, 4.69) is 23.7 Å². The predicted octanol–water partition coefficient (Wildman–Crippen LogP) is 4.08. The number of rotatable bonds is 1. The number of hydrogen-bond acceptors (Lipinski definition) is 2. The molecule has 3 aromatic carbocycles. The Morgan fingerprint density at radius 2 is 1.04 bits per heavy atom. The molecule has 3 rings (SSSR count). The van der Waals surface area contributed by atoms with Gasteiger partial charge in [0.1, 0.15) is 5.75 Å². The fourth-order valence-electron chi connectivity index (χ4n) is 2.33. The first-order chi connectivity index (χ1) is 12.3. The summed E-state index contributed by atoms with van der Waals surface area (Å²) in [7, 11) is 1.64. The van der Waals surface area contributed by atoms with Crippen LogP contribution in [0.1, 0.15) is 22.3 Å². The highest BCUT2D eigenvalue weighted by Gasteiger charge is 1.99. The molecule has 2 heteroatoms. The van der Waals surface area contributed by atoms with Crippen molar-refractivity contribution in [3.05, 3.63) is 95.1 Å². The first-order valence-corrected chi connectivity index (χ1v) is 7.88. The van der Waals surface area contributed by atoms with Gasteiger partial charge in [-0.2, -0.15) is 0 Å². The van der Waals surface area contributed by atoms with Crippen molar-refractivity contribution in [1.29, 1.82) is 0 Å². The zero-order valence-corrected chi connectivity index (χ0v) is 13.9. The number of benzene rings is 3. The molecule has 0 aromatic heterocycles. The maximum absolute atomic E-state index is 5.95. The van der Waals surface area contributed by atoms with Gasteiger partial charge in [-0.3, -0.25) is 0 Å². The van der Waals surface area contributed by atoms with Crippen LogP contribution in [0.15, 0.2) is 72.8 Å². The Balaban J connectivity index is 1.96. The molecular weight excluding hydrogens is 306 g/mol. The van der Waals surface area contributed by atoms with E-state index in [4.69, 9.17) is 10.5 Å². The monoisotopic (exact) mass is 323 g/mol. The van der Waals surface area contributed by atoms with Gasteiger partial charge in [0.25, 0.3) is 0 Å². The summed E-state index contributed by atoms with van der Waals surface area (Å²) in [5.74, 6) is 13.4. The average molecular weight is 323 g/mol. The van der Waals surface area contributed by atoms with E-state index in [-0.39, 0.29) is 0 Å². The fourth-order valence-corrected chi connectivity index (χ4v) is 2.33. The van der Waals surface area contributed by atoms with Crippen molar-refractivity contribution in [2.45, 2.75) is 0 Å². The Bertz CT molecular complexity index is 1010. The molecule has 0 aliphatic heterocycles. The zero-order valence-electron chi connectivity index (χ0n) is 13.9. The minimum absolute atomic E-state index is 0.674. The molecule has 0 saturated carbocycles. The second-order valence-electron chi connectivity index (χ2n) is 5.33. The van der Waals surface area contributed by atoms with Crippen molar-refractivity contribution in [3.8, 4) is 29.4 Å². The number of nitrogen functional groups attached to an aromatic ring is 1. The lowest BCUT2D eigenvalue weighted by atomic mass is 10.1. The molecule has 2 N–H and O–H groups in total. The van der Waals surface area contributed by atoms with Crippen LogP contribution in [0.4, 0.5) is 5.69 Å². The van der Waals surface area contributed by atoms with Crippen molar-refractivity contribution in [3.63, 3.8) is 0 Å². The number of hydrogen-bond donors (Lipinski definition) is 1. The van der Waals surface area contributed by atoms with Crippen LogP contribution in [0.25, 0.3) is 0 Å². The summed E-state index contributed by atoms with van der Waals surface area (Å²) in [4.78, 5) is 0. The van der Waals surface area contributed by atoms with E-state index in [1.165, 1.54) is 0 Å². The van der Waals surface area contributed by atoms with Crippen molar-refractivity contribution in [2.75, 3.05) is 12.8 Å². The van der Waals surface area contributed by atoms with Gasteiger partial charge in [0.05, 0.1) is 12.7 Å². The quantitative estimate of drug-likeness (QED) is 0.541. The van der Waals surface area contributed by atoms with E-state index in [0.29, 0.717) is 5.69 Å². The molecule has 25 heavy (non-hydrogen) atoms. The van der Waals surface area contributed by atoms with Crippen LogP contribution in [0.2, 0.25) is 0 Å². The van der Waals surface area contributed by atoms with E-state index in [1.807, 2.05) is 72.8 Å². The second kappa shape index (κ2) is 7.77. The number of ether oxygens (including phenoxy) is 1. The maximum Gasteiger partial charge on any atom is 0.134 e. The maximum atomic E-state index is 5.95. The first kappa shape index (κ1) is 16.2. The minimum Gasteiger partial charge on any atom is -0.495 e. The molecule has 0 fully saturated rings. The van der Waals surface area contributed by atoms with E-state index in [1.54, 1.807) is 7.11 Å². The summed E-state index contributed by atoms with van der Waals surface area (Å²) in [6.07, 6.45) is 0. The van der Waals surface area contributed by atoms with Crippen LogP contribution in [-0.2, 0) is 0 Å². The molecule has 2 nitrogen and oxygen atoms in total. The van der Waals surface area contributed by atoms with Crippen LogP contribution >= 0.6 is 0 Å². The highest BCUT2D eigenvalue weighted by atomic mass is 16.5. The molecule has 0 amide bonds. The molecule has 0 unspecified atom stereocenters. The highest BCUT2D eigenvalue weighted by molar-refractivity contribution is 5.60. The van der Waals surface area contributed by atoms with Gasteiger partial charge >= 0.3 is 0 Å². The standard InChI is InChI=1S/C23H17NO/c1-25-23-13-7-5-11-21(23)17-15-19-9-3-2-8-18(19)14-16-20-10-4-6-12-22(20)24/h2-13H,24H2,1H3. The predicted molar refractivity (Wildman–Crippen MR) is 102 cm³/mol. The molecular formula is C23H17NO. The summed E-state index contributed by atoms with van der Waals surface area (Å²) in [6, 6.07) is 23.1. The van der Waals surface area contributed by atoms with Crippen LogP contribution in [0.5, 0.6) is 5.75 Å². The molecule has 0 bridgehead atoms. The summed E-state index contributed by atoms with van der Waals surface area (Å²) >= 11 is 0. The van der Waals surface area contributed by atoms with Gasteiger partial charge < -0.3 is 10.5 Å². The molecule has 0 saturated heterocycles. The normalized spacial score (nSPS) is 9.32. The highest BCUT2D eigenvalue weighted by Crippen LogP contribution is 2.16. The molecule has 120 valence electrons. The minimum atomic E-state index is 0.674. The Kier molecular flexibility index (Phi) is 5.05. The van der Waals surface area contributed by atoms with Crippen LogP contribution in [0.3, 0.4) is 0 Å². The first-order valence-electron chi connectivity index (χ1n) is 7.88. The molecule has 0 aliphatic rings. The second-order valence-corrected chi connectivity index (χ2v) is 5.33. The Morgan fingerprint density at radius 3 is 1.64 bits per heavy atom. The number of methoxy groups -OCH3 is 1. The summed E-state index contributed by atoms with van der Waals surface area (Å²) in [6.45, 7) is 0. The smallest absolute Gasteiger partial charge is 0.134 e. The van der Waals surface area contributed by atoms with E-state index in [0.717, 1.165) is 28.0 Å². The lowest BCUT2D eigenvalue weighted by molar-refractivity contribution is 0.413. The number of nitrogens with two attached hydrogens (primary N) is 1. The SMILES string of the molecule is COc1ccccc1C#Cc1ccccc1C#Cc1ccccc1N. The van der Waals surface area contributed by atoms with Crippen LogP contribution < -0.4 is 10.5 Å². The van der Waals surface area contributed by atoms with E-state index in [9.17, 15) is 0 Å². The largest absolute Gasteiger partial charge is 0.495 e. The lowest BCUT2D eigenvalue weighted by Gasteiger charge is -2.01. The number of para-hydroxylation sites is 2. The van der Waals surface area contributed by atoms with Crippen molar-refractivity contribution < 1.29 is 4.74 Å². The molecule has 0 aliphatic carbocycles. The Hall–Kier alpha value is -3.62. The van der Waals surface area contributed by atoms with Crippen molar-refractivity contribution in [2.24, 2.45) is 0 Å². The summed E-state index contributed by atoms with van der Waals surface area (Å²) in [5.41, 5.74) is 10.0. The van der Waals surface area contributed by atoms with Gasteiger partial charge in [0.2, 0.25) is 0 Å². The van der Waals surface area contributed by atoms with Gasteiger partial charge in [-0.15, -0.1) is 0 Å². The average Bonchev–Trinajstić information content (AvgIpc) is 2.66. The van der Waals surface area contributed by atoms with Gasteiger partial charge in [0.15, 0.2) is 0 Å². The van der Waals surface area contributed by atoms with Gasteiger partial charge in [-0.25, -0.2) is 0 Å². The van der Waals surface area contributed by atoms with Crippen LogP contribution in [0, 0.1) is 23.7 Å². The third-order valence-corrected chi connectivity index (χ3v) is 3.66. The Labute approximate surface area is 148 Å². The molecule has 0 radical (unpaired) electrons. The molecule has 0 atom stereocenters. The van der Waals surface area contributed by atoms with E-state index >= 15 is 0 Å². The van der Waals surface area contributed by atoms with Gasteiger partial charge in [0, 0.05) is 22.4 Å². The number of anilines is 1. The van der Waals surface area contributed by atoms with Gasteiger partial charge in [-0.05, 0) is 36.4 Å². The molecule has 0 spiro atoms. The molecule has 0 heterocycles. The van der Waals surface area contributed by atoms with Crippen LogP contribution in [-0.4, -0.2) is 7.11 Å². The third-order valence-electron chi connectivity index (χ3n) is 3.66.